The molecule has 0 bridgehead atoms. The Bertz CT molecular complexity index is 783. The van der Waals surface area contributed by atoms with E-state index >= 15 is 0 Å². The second kappa shape index (κ2) is 6.89. The Morgan fingerprint density at radius 2 is 2.04 bits per heavy atom. The largest absolute Gasteiger partial charge is 0.352 e. The van der Waals surface area contributed by atoms with Crippen LogP contribution >= 0.6 is 23.2 Å². The van der Waals surface area contributed by atoms with E-state index in [4.69, 9.17) is 27.7 Å². The van der Waals surface area contributed by atoms with Crippen LogP contribution in [0.25, 0.3) is 0 Å². The SMILES string of the molecule is CC(C)(C)c1cc(NCC2CCC(=O)N2c2ccc(Cl)c(Cl)c2)on1. The van der Waals surface area contributed by atoms with Gasteiger partial charge in [0.2, 0.25) is 11.8 Å². The Morgan fingerprint density at radius 1 is 1.28 bits per heavy atom. The second-order valence-corrected chi connectivity index (χ2v) is 8.08. The van der Waals surface area contributed by atoms with Crippen LogP contribution in [0.1, 0.15) is 39.3 Å². The lowest BCUT2D eigenvalue weighted by molar-refractivity contribution is -0.117. The van der Waals surface area contributed by atoms with Crippen LogP contribution in [-0.4, -0.2) is 23.7 Å². The fourth-order valence-corrected chi connectivity index (χ4v) is 3.15. The minimum atomic E-state index is -0.0706. The van der Waals surface area contributed by atoms with Crippen LogP contribution in [0.3, 0.4) is 0 Å². The number of nitrogens with zero attached hydrogens (tertiary/aromatic N) is 2. The summed E-state index contributed by atoms with van der Waals surface area (Å²) in [5.41, 5.74) is 1.58. The molecule has 1 fully saturated rings. The van der Waals surface area contributed by atoms with Gasteiger partial charge in [0, 0.05) is 30.1 Å². The number of benzene rings is 1. The zero-order chi connectivity index (χ0) is 18.2. The number of carbonyl (C=O) groups is 1. The molecule has 0 spiro atoms. The van der Waals surface area contributed by atoms with Crippen molar-refractivity contribution in [3.8, 4) is 0 Å². The van der Waals surface area contributed by atoms with Gasteiger partial charge < -0.3 is 14.7 Å². The molecular formula is C18H21Cl2N3O2. The summed E-state index contributed by atoms with van der Waals surface area (Å²) in [5.74, 6) is 0.691. The molecule has 25 heavy (non-hydrogen) atoms. The van der Waals surface area contributed by atoms with Crippen molar-refractivity contribution in [2.24, 2.45) is 0 Å². The predicted molar refractivity (Wildman–Crippen MR) is 101 cm³/mol. The fourth-order valence-electron chi connectivity index (χ4n) is 2.86. The van der Waals surface area contributed by atoms with Crippen LogP contribution in [0.4, 0.5) is 11.6 Å². The average Bonchev–Trinajstić information content (AvgIpc) is 3.14. The molecular weight excluding hydrogens is 361 g/mol. The summed E-state index contributed by atoms with van der Waals surface area (Å²) >= 11 is 12.1. The van der Waals surface area contributed by atoms with E-state index in [1.165, 1.54) is 0 Å². The summed E-state index contributed by atoms with van der Waals surface area (Å²) in [4.78, 5) is 14.1. The highest BCUT2D eigenvalue weighted by Crippen LogP contribution is 2.32. The van der Waals surface area contributed by atoms with E-state index in [9.17, 15) is 4.79 Å². The molecule has 0 radical (unpaired) electrons. The summed E-state index contributed by atoms with van der Waals surface area (Å²) in [6.07, 6.45) is 1.28. The number of carbonyl (C=O) groups excluding carboxylic acids is 1. The molecule has 1 aliphatic heterocycles. The van der Waals surface area contributed by atoms with Crippen LogP contribution in [0.15, 0.2) is 28.8 Å². The van der Waals surface area contributed by atoms with Crippen molar-refractivity contribution in [1.29, 1.82) is 0 Å². The number of nitrogens with one attached hydrogen (secondary N) is 1. The first-order valence-corrected chi connectivity index (χ1v) is 8.99. The molecule has 1 aromatic heterocycles. The Balaban J connectivity index is 1.72. The zero-order valence-corrected chi connectivity index (χ0v) is 16.0. The number of rotatable bonds is 4. The lowest BCUT2D eigenvalue weighted by Gasteiger charge is -2.25. The summed E-state index contributed by atoms with van der Waals surface area (Å²) in [6.45, 7) is 6.81. The predicted octanol–water partition coefficient (Wildman–Crippen LogP) is 4.89. The van der Waals surface area contributed by atoms with Crippen molar-refractivity contribution in [3.05, 3.63) is 40.0 Å². The average molecular weight is 382 g/mol. The van der Waals surface area contributed by atoms with Gasteiger partial charge in [0.15, 0.2) is 0 Å². The maximum absolute atomic E-state index is 12.3. The molecule has 2 heterocycles. The molecule has 1 N–H and O–H groups in total. The second-order valence-electron chi connectivity index (χ2n) is 7.26. The van der Waals surface area contributed by atoms with E-state index in [0.29, 0.717) is 28.9 Å². The van der Waals surface area contributed by atoms with E-state index in [1.807, 2.05) is 12.1 Å². The normalized spacial score (nSPS) is 18.0. The van der Waals surface area contributed by atoms with Gasteiger partial charge >= 0.3 is 0 Å². The highest BCUT2D eigenvalue weighted by Gasteiger charge is 2.32. The Morgan fingerprint density at radius 3 is 2.68 bits per heavy atom. The smallest absolute Gasteiger partial charge is 0.227 e. The van der Waals surface area contributed by atoms with Gasteiger partial charge in [0.05, 0.1) is 21.8 Å². The fraction of sp³-hybridized carbons (Fsp3) is 0.444. The third-order valence-corrected chi connectivity index (χ3v) is 5.04. The van der Waals surface area contributed by atoms with Crippen LogP contribution in [0, 0.1) is 0 Å². The van der Waals surface area contributed by atoms with Gasteiger partial charge in [-0.3, -0.25) is 4.79 Å². The van der Waals surface area contributed by atoms with Crippen LogP contribution in [0.2, 0.25) is 10.0 Å². The molecule has 3 rings (SSSR count). The third kappa shape index (κ3) is 3.93. The van der Waals surface area contributed by atoms with Crippen LogP contribution in [-0.2, 0) is 10.2 Å². The highest BCUT2D eigenvalue weighted by atomic mass is 35.5. The molecule has 1 atom stereocenters. The standard InChI is InChI=1S/C18H21Cl2N3O2/c1-18(2,3)15-9-16(25-22-15)21-10-12-5-7-17(24)23(12)11-4-6-13(19)14(20)8-11/h4,6,8-9,12,21H,5,7,10H2,1-3H3. The van der Waals surface area contributed by atoms with Gasteiger partial charge in [0.25, 0.3) is 0 Å². The van der Waals surface area contributed by atoms with E-state index in [-0.39, 0.29) is 17.4 Å². The minimum absolute atomic E-state index is 0.0212. The molecule has 134 valence electrons. The van der Waals surface area contributed by atoms with Gasteiger partial charge in [-0.15, -0.1) is 0 Å². The summed E-state index contributed by atoms with van der Waals surface area (Å²) in [6, 6.07) is 7.18. The molecule has 2 aromatic rings. The molecule has 1 aromatic carbocycles. The van der Waals surface area contributed by atoms with Gasteiger partial charge in [-0.05, 0) is 24.6 Å². The maximum Gasteiger partial charge on any atom is 0.227 e. The monoisotopic (exact) mass is 381 g/mol. The van der Waals surface area contributed by atoms with Crippen molar-refractivity contribution in [1.82, 2.24) is 5.16 Å². The number of aromatic nitrogens is 1. The lowest BCUT2D eigenvalue weighted by atomic mass is 9.92. The Kier molecular flexibility index (Phi) is 4.98. The van der Waals surface area contributed by atoms with Crippen molar-refractivity contribution in [2.75, 3.05) is 16.8 Å². The van der Waals surface area contributed by atoms with Crippen LogP contribution < -0.4 is 10.2 Å². The Labute approximate surface area is 157 Å². The molecule has 1 aliphatic rings. The minimum Gasteiger partial charge on any atom is -0.352 e. The number of hydrogen-bond acceptors (Lipinski definition) is 4. The van der Waals surface area contributed by atoms with E-state index in [1.54, 1.807) is 17.0 Å². The summed E-state index contributed by atoms with van der Waals surface area (Å²) in [7, 11) is 0. The molecule has 5 nitrogen and oxygen atoms in total. The van der Waals surface area contributed by atoms with E-state index < -0.39 is 0 Å². The van der Waals surface area contributed by atoms with Gasteiger partial charge in [-0.2, -0.15) is 0 Å². The summed E-state index contributed by atoms with van der Waals surface area (Å²) < 4.78 is 5.35. The number of amides is 1. The molecule has 1 amide bonds. The van der Waals surface area contributed by atoms with Crippen molar-refractivity contribution in [2.45, 2.75) is 45.1 Å². The van der Waals surface area contributed by atoms with Gasteiger partial charge in [0.1, 0.15) is 0 Å². The van der Waals surface area contributed by atoms with Crippen molar-refractivity contribution in [3.63, 3.8) is 0 Å². The first-order chi connectivity index (χ1) is 11.8. The Hall–Kier alpha value is -1.72. The molecule has 0 aliphatic carbocycles. The zero-order valence-electron chi connectivity index (χ0n) is 14.5. The van der Waals surface area contributed by atoms with Crippen LogP contribution in [0.5, 0.6) is 0 Å². The van der Waals surface area contributed by atoms with E-state index in [0.717, 1.165) is 17.8 Å². The maximum atomic E-state index is 12.3. The number of halogens is 2. The number of anilines is 2. The number of hydrogen-bond donors (Lipinski definition) is 1. The first kappa shape index (κ1) is 18.1. The quantitative estimate of drug-likeness (QED) is 0.818. The summed E-state index contributed by atoms with van der Waals surface area (Å²) in [5, 5.41) is 8.25. The van der Waals surface area contributed by atoms with Crippen molar-refractivity contribution >= 4 is 40.7 Å². The molecule has 1 unspecified atom stereocenters. The van der Waals surface area contributed by atoms with Gasteiger partial charge in [-0.25, -0.2) is 0 Å². The highest BCUT2D eigenvalue weighted by molar-refractivity contribution is 6.42. The van der Waals surface area contributed by atoms with Gasteiger partial charge in [-0.1, -0.05) is 49.1 Å². The van der Waals surface area contributed by atoms with E-state index in [2.05, 4.69) is 31.2 Å². The van der Waals surface area contributed by atoms with Crippen molar-refractivity contribution < 1.29 is 9.32 Å². The molecule has 7 heteroatoms. The first-order valence-electron chi connectivity index (χ1n) is 8.24. The topological polar surface area (TPSA) is 58.4 Å². The third-order valence-electron chi connectivity index (χ3n) is 4.30. The molecule has 0 saturated carbocycles. The molecule has 1 saturated heterocycles. The lowest BCUT2D eigenvalue weighted by Crippen LogP contribution is -2.37.